The van der Waals surface area contributed by atoms with Gasteiger partial charge in [0.25, 0.3) is 5.91 Å². The molecule has 2 aromatic carbocycles. The van der Waals surface area contributed by atoms with Gasteiger partial charge in [-0.2, -0.15) is 5.10 Å². The Labute approximate surface area is 207 Å². The summed E-state index contributed by atoms with van der Waals surface area (Å²) < 4.78 is 16.0. The molecular formula is C26H24ClFN6O. The van der Waals surface area contributed by atoms with E-state index in [-0.39, 0.29) is 11.5 Å². The van der Waals surface area contributed by atoms with E-state index in [2.05, 4.69) is 10.00 Å². The van der Waals surface area contributed by atoms with Crippen LogP contribution >= 0.6 is 11.6 Å². The predicted molar refractivity (Wildman–Crippen MR) is 133 cm³/mol. The largest absolute Gasteiger partial charge is 0.354 e. The molecule has 1 saturated carbocycles. The van der Waals surface area contributed by atoms with E-state index in [1.165, 1.54) is 6.07 Å². The summed E-state index contributed by atoms with van der Waals surface area (Å²) in [5, 5.41) is 6.12. The lowest BCUT2D eigenvalue weighted by Crippen LogP contribution is -2.36. The van der Waals surface area contributed by atoms with Crippen molar-refractivity contribution >= 4 is 34.4 Å². The number of rotatable bonds is 4. The third kappa shape index (κ3) is 4.23. The van der Waals surface area contributed by atoms with Crippen molar-refractivity contribution in [2.24, 2.45) is 0 Å². The average Bonchev–Trinajstić information content (AvgIpc) is 3.66. The van der Waals surface area contributed by atoms with E-state index in [9.17, 15) is 9.18 Å². The number of hydrogen-bond acceptors (Lipinski definition) is 5. The highest BCUT2D eigenvalue weighted by Gasteiger charge is 2.30. The number of hydrogen-bond donors (Lipinski definition) is 0. The summed E-state index contributed by atoms with van der Waals surface area (Å²) >= 11 is 6.23. The summed E-state index contributed by atoms with van der Waals surface area (Å²) in [5.74, 6) is 1.28. The monoisotopic (exact) mass is 490 g/mol. The molecule has 0 bridgehead atoms. The molecule has 0 radical (unpaired) electrons. The maximum Gasteiger partial charge on any atom is 0.256 e. The molecule has 0 spiro atoms. The van der Waals surface area contributed by atoms with Crippen molar-refractivity contribution in [1.29, 1.82) is 0 Å². The number of carbonyl (C=O) groups excluding carboxylic acids is 1. The molecule has 1 aliphatic heterocycles. The van der Waals surface area contributed by atoms with Crippen LogP contribution in [0.3, 0.4) is 0 Å². The summed E-state index contributed by atoms with van der Waals surface area (Å²) in [6, 6.07) is 13.7. The van der Waals surface area contributed by atoms with Crippen LogP contribution in [0, 0.1) is 5.82 Å². The SMILES string of the molecule is O=C(c1ccccc1F)N1CCCN(c2nc(C3CC3)nc3c2cnn3-c2cccc(Cl)c2)CC1. The van der Waals surface area contributed by atoms with E-state index in [1.54, 1.807) is 29.3 Å². The van der Waals surface area contributed by atoms with Crippen LogP contribution in [0.25, 0.3) is 16.7 Å². The lowest BCUT2D eigenvalue weighted by molar-refractivity contribution is 0.0762. The zero-order chi connectivity index (χ0) is 23.9. The maximum absolute atomic E-state index is 14.2. The number of benzene rings is 2. The molecule has 2 fully saturated rings. The van der Waals surface area contributed by atoms with E-state index >= 15 is 0 Å². The van der Waals surface area contributed by atoms with Crippen LogP contribution in [-0.4, -0.2) is 56.7 Å². The van der Waals surface area contributed by atoms with E-state index in [0.717, 1.165) is 54.2 Å². The summed E-state index contributed by atoms with van der Waals surface area (Å²) in [4.78, 5) is 26.8. The van der Waals surface area contributed by atoms with Gasteiger partial charge in [-0.1, -0.05) is 29.8 Å². The molecule has 0 unspecified atom stereocenters. The van der Waals surface area contributed by atoms with Crippen molar-refractivity contribution in [3.8, 4) is 5.69 Å². The Kier molecular flexibility index (Phi) is 5.60. The fourth-order valence-electron chi connectivity index (χ4n) is 4.61. The zero-order valence-electron chi connectivity index (χ0n) is 19.1. The first-order valence-electron chi connectivity index (χ1n) is 11.9. The summed E-state index contributed by atoms with van der Waals surface area (Å²) in [6.07, 6.45) is 4.73. The van der Waals surface area contributed by atoms with Gasteiger partial charge in [0, 0.05) is 37.1 Å². The Morgan fingerprint density at radius 2 is 1.86 bits per heavy atom. The van der Waals surface area contributed by atoms with E-state index < -0.39 is 5.82 Å². The van der Waals surface area contributed by atoms with Crippen molar-refractivity contribution in [3.05, 3.63) is 77.0 Å². The Morgan fingerprint density at radius 1 is 1.00 bits per heavy atom. The lowest BCUT2D eigenvalue weighted by atomic mass is 10.2. The van der Waals surface area contributed by atoms with Crippen LogP contribution in [0.2, 0.25) is 5.02 Å². The maximum atomic E-state index is 14.2. The summed E-state index contributed by atoms with van der Waals surface area (Å²) in [5.41, 5.74) is 1.71. The Balaban J connectivity index is 1.33. The molecule has 0 atom stereocenters. The molecule has 7 nitrogen and oxygen atoms in total. The van der Waals surface area contributed by atoms with Crippen molar-refractivity contribution in [1.82, 2.24) is 24.6 Å². The summed E-state index contributed by atoms with van der Waals surface area (Å²) in [6.45, 7) is 2.38. The molecule has 178 valence electrons. The second kappa shape index (κ2) is 8.92. The van der Waals surface area contributed by atoms with E-state index in [4.69, 9.17) is 21.6 Å². The van der Waals surface area contributed by atoms with Crippen molar-refractivity contribution in [3.63, 3.8) is 0 Å². The van der Waals surface area contributed by atoms with Gasteiger partial charge in [-0.25, -0.2) is 19.0 Å². The molecule has 6 rings (SSSR count). The lowest BCUT2D eigenvalue weighted by Gasteiger charge is -2.24. The van der Waals surface area contributed by atoms with Crippen molar-refractivity contribution < 1.29 is 9.18 Å². The quantitative estimate of drug-likeness (QED) is 0.409. The highest BCUT2D eigenvalue weighted by Crippen LogP contribution is 2.40. The zero-order valence-corrected chi connectivity index (χ0v) is 19.8. The Morgan fingerprint density at radius 3 is 2.66 bits per heavy atom. The van der Waals surface area contributed by atoms with Gasteiger partial charge in [-0.05, 0) is 49.6 Å². The van der Waals surface area contributed by atoms with Crippen molar-refractivity contribution in [2.45, 2.75) is 25.2 Å². The number of fused-ring (bicyclic) bond motifs is 1. The predicted octanol–water partition coefficient (Wildman–Crippen LogP) is 4.84. The second-order valence-electron chi connectivity index (χ2n) is 9.07. The Hall–Kier alpha value is -3.52. The Bertz CT molecular complexity index is 1420. The number of halogens is 2. The molecule has 1 amide bonds. The van der Waals surface area contributed by atoms with Gasteiger partial charge >= 0.3 is 0 Å². The first-order chi connectivity index (χ1) is 17.1. The molecule has 35 heavy (non-hydrogen) atoms. The normalized spacial score (nSPS) is 16.5. The summed E-state index contributed by atoms with van der Waals surface area (Å²) in [7, 11) is 0. The smallest absolute Gasteiger partial charge is 0.256 e. The highest BCUT2D eigenvalue weighted by atomic mass is 35.5. The van der Waals surface area contributed by atoms with Crippen LogP contribution in [0.4, 0.5) is 10.2 Å². The third-order valence-electron chi connectivity index (χ3n) is 6.61. The molecule has 1 aliphatic carbocycles. The molecule has 3 heterocycles. The third-order valence-corrected chi connectivity index (χ3v) is 6.84. The van der Waals surface area contributed by atoms with Gasteiger partial charge in [0.1, 0.15) is 17.5 Å². The van der Waals surface area contributed by atoms with Crippen LogP contribution in [0.1, 0.15) is 41.4 Å². The van der Waals surface area contributed by atoms with Crippen LogP contribution in [0.5, 0.6) is 0 Å². The van der Waals surface area contributed by atoms with E-state index in [0.29, 0.717) is 30.6 Å². The fourth-order valence-corrected chi connectivity index (χ4v) is 4.79. The topological polar surface area (TPSA) is 67.2 Å². The number of nitrogens with zero attached hydrogens (tertiary/aromatic N) is 6. The van der Waals surface area contributed by atoms with Gasteiger partial charge in [-0.3, -0.25) is 4.79 Å². The molecule has 4 aromatic rings. The number of aromatic nitrogens is 4. The van der Waals surface area contributed by atoms with Crippen molar-refractivity contribution in [2.75, 3.05) is 31.1 Å². The minimum absolute atomic E-state index is 0.115. The molecule has 1 saturated heterocycles. The first-order valence-corrected chi connectivity index (χ1v) is 12.3. The number of amides is 1. The highest BCUT2D eigenvalue weighted by molar-refractivity contribution is 6.30. The molecule has 0 N–H and O–H groups in total. The minimum atomic E-state index is -0.487. The average molecular weight is 491 g/mol. The minimum Gasteiger partial charge on any atom is -0.354 e. The second-order valence-corrected chi connectivity index (χ2v) is 9.50. The van der Waals surface area contributed by atoms with Crippen LogP contribution in [-0.2, 0) is 0 Å². The number of carbonyl (C=O) groups is 1. The van der Waals surface area contributed by atoms with Gasteiger partial charge < -0.3 is 9.80 Å². The first kappa shape index (κ1) is 22.0. The van der Waals surface area contributed by atoms with Crippen LogP contribution < -0.4 is 4.90 Å². The fraction of sp³-hybridized carbons (Fsp3) is 0.308. The van der Waals surface area contributed by atoms with E-state index in [1.807, 2.05) is 28.9 Å². The van der Waals surface area contributed by atoms with Gasteiger partial charge in [0.2, 0.25) is 0 Å². The molecule has 2 aliphatic rings. The molecular weight excluding hydrogens is 467 g/mol. The van der Waals surface area contributed by atoms with Gasteiger partial charge in [0.05, 0.1) is 22.8 Å². The van der Waals surface area contributed by atoms with Gasteiger partial charge in [0.15, 0.2) is 5.65 Å². The molecule has 2 aromatic heterocycles. The number of anilines is 1. The standard InChI is InChI=1S/C26H24ClFN6O/c27-18-5-3-6-19(15-18)34-25-21(16-29-34)24(30-23(31-25)17-9-10-17)32-11-4-12-33(14-13-32)26(35)20-7-1-2-8-22(20)28/h1-3,5-8,15-17H,4,9-14H2. The van der Waals surface area contributed by atoms with Gasteiger partial charge in [-0.15, -0.1) is 0 Å². The molecule has 9 heteroatoms. The van der Waals surface area contributed by atoms with Crippen LogP contribution in [0.15, 0.2) is 54.7 Å².